The fourth-order valence-corrected chi connectivity index (χ4v) is 2.87. The Morgan fingerprint density at radius 1 is 1.18 bits per heavy atom. The summed E-state index contributed by atoms with van der Waals surface area (Å²) in [6.07, 6.45) is 2.73. The van der Waals surface area contributed by atoms with Crippen LogP contribution in [0.4, 0.5) is 14.9 Å². The summed E-state index contributed by atoms with van der Waals surface area (Å²) in [6.45, 7) is 3.72. The van der Waals surface area contributed by atoms with Crippen molar-refractivity contribution in [1.82, 2.24) is 9.80 Å². The number of hydrogen-bond donors (Lipinski definition) is 1. The maximum Gasteiger partial charge on any atom is 0.320 e. The second kappa shape index (κ2) is 6.36. The highest BCUT2D eigenvalue weighted by atomic mass is 19.1. The molecule has 0 unspecified atom stereocenters. The number of halogens is 1. The molecule has 1 aromatic carbocycles. The van der Waals surface area contributed by atoms with Gasteiger partial charge in [-0.1, -0.05) is 6.08 Å². The minimum atomic E-state index is -0.332. The first-order valence-electron chi connectivity index (χ1n) is 7.51. The van der Waals surface area contributed by atoms with Crippen molar-refractivity contribution in [2.24, 2.45) is 0 Å². The van der Waals surface area contributed by atoms with Gasteiger partial charge >= 0.3 is 6.03 Å². The third-order valence-electron chi connectivity index (χ3n) is 4.12. The number of nitrogens with two attached hydrogens (primary N) is 1. The molecule has 0 bridgehead atoms. The largest absolute Gasteiger partial charge is 0.398 e. The first-order chi connectivity index (χ1) is 10.6. The molecule has 0 radical (unpaired) electrons. The molecule has 6 heteroatoms. The predicted molar refractivity (Wildman–Crippen MR) is 82.8 cm³/mol. The molecule has 2 aliphatic heterocycles. The van der Waals surface area contributed by atoms with Crippen LogP contribution in [-0.4, -0.2) is 55.2 Å². The monoisotopic (exact) mass is 305 g/mol. The lowest BCUT2D eigenvalue weighted by atomic mass is 9.98. The van der Waals surface area contributed by atoms with E-state index in [1.807, 2.05) is 15.9 Å². The lowest BCUT2D eigenvalue weighted by molar-refractivity contribution is 0.0441. The number of morpholine rings is 1. The van der Waals surface area contributed by atoms with Crippen LogP contribution in [-0.2, 0) is 4.74 Å². The first kappa shape index (κ1) is 14.8. The minimum absolute atomic E-state index is 0.0608. The molecule has 22 heavy (non-hydrogen) atoms. The number of anilines is 1. The Morgan fingerprint density at radius 3 is 2.59 bits per heavy atom. The molecule has 2 aliphatic rings. The topological polar surface area (TPSA) is 58.8 Å². The molecule has 0 spiro atoms. The fourth-order valence-electron chi connectivity index (χ4n) is 2.87. The number of amides is 2. The van der Waals surface area contributed by atoms with Gasteiger partial charge in [0.2, 0.25) is 0 Å². The molecule has 0 aliphatic carbocycles. The highest BCUT2D eigenvalue weighted by Crippen LogP contribution is 2.27. The zero-order valence-corrected chi connectivity index (χ0v) is 12.4. The van der Waals surface area contributed by atoms with Crippen LogP contribution < -0.4 is 5.73 Å². The number of urea groups is 1. The van der Waals surface area contributed by atoms with Crippen LogP contribution in [0.2, 0.25) is 0 Å². The standard InChI is InChI=1S/C16H20FN3O2/c17-13-1-2-14(15(18)11-13)12-3-5-19(6-4-12)16(21)20-7-9-22-10-8-20/h1-3,11H,4-10,18H2. The third kappa shape index (κ3) is 3.06. The normalized spacial score (nSPS) is 19.0. The Kier molecular flexibility index (Phi) is 4.29. The highest BCUT2D eigenvalue weighted by Gasteiger charge is 2.24. The summed E-state index contributed by atoms with van der Waals surface area (Å²) in [6, 6.07) is 4.51. The number of nitrogens with zero attached hydrogens (tertiary/aromatic N) is 2. The van der Waals surface area contributed by atoms with Crippen LogP contribution >= 0.6 is 0 Å². The molecule has 1 aromatic rings. The Labute approximate surface area is 129 Å². The SMILES string of the molecule is Nc1cc(F)ccc1C1=CCN(C(=O)N2CCOCC2)CC1. The van der Waals surface area contributed by atoms with Crippen molar-refractivity contribution in [3.05, 3.63) is 35.7 Å². The van der Waals surface area contributed by atoms with E-state index in [9.17, 15) is 9.18 Å². The van der Waals surface area contributed by atoms with Crippen LogP contribution in [0.3, 0.4) is 0 Å². The van der Waals surface area contributed by atoms with Crippen molar-refractivity contribution in [3.8, 4) is 0 Å². The Morgan fingerprint density at radius 2 is 1.95 bits per heavy atom. The second-order valence-electron chi connectivity index (χ2n) is 5.54. The zero-order valence-electron chi connectivity index (χ0n) is 12.4. The van der Waals surface area contributed by atoms with Crippen molar-refractivity contribution >= 4 is 17.3 Å². The molecular weight excluding hydrogens is 285 g/mol. The number of carbonyl (C=O) groups is 1. The molecule has 2 amide bonds. The zero-order chi connectivity index (χ0) is 15.5. The van der Waals surface area contributed by atoms with Gasteiger partial charge in [-0.25, -0.2) is 9.18 Å². The molecule has 0 atom stereocenters. The van der Waals surface area contributed by atoms with Gasteiger partial charge in [-0.05, 0) is 30.2 Å². The minimum Gasteiger partial charge on any atom is -0.398 e. The quantitative estimate of drug-likeness (QED) is 0.807. The van der Waals surface area contributed by atoms with Crippen molar-refractivity contribution in [1.29, 1.82) is 0 Å². The van der Waals surface area contributed by atoms with Crippen LogP contribution in [0.15, 0.2) is 24.3 Å². The predicted octanol–water partition coefficient (Wildman–Crippen LogP) is 1.95. The van der Waals surface area contributed by atoms with Gasteiger partial charge in [0.25, 0.3) is 0 Å². The molecule has 1 saturated heterocycles. The number of carbonyl (C=O) groups excluding carboxylic acids is 1. The summed E-state index contributed by atoms with van der Waals surface area (Å²) in [5.74, 6) is -0.332. The number of hydrogen-bond acceptors (Lipinski definition) is 3. The van der Waals surface area contributed by atoms with Crippen LogP contribution in [0.5, 0.6) is 0 Å². The molecule has 5 nitrogen and oxygen atoms in total. The number of rotatable bonds is 1. The van der Waals surface area contributed by atoms with E-state index in [0.717, 1.165) is 17.6 Å². The van der Waals surface area contributed by atoms with E-state index in [1.54, 1.807) is 6.07 Å². The summed E-state index contributed by atoms with van der Waals surface area (Å²) < 4.78 is 18.4. The highest BCUT2D eigenvalue weighted by molar-refractivity contribution is 5.79. The van der Waals surface area contributed by atoms with Crippen LogP contribution in [0, 0.1) is 5.82 Å². The lowest BCUT2D eigenvalue weighted by Crippen LogP contribution is -2.49. The molecule has 3 rings (SSSR count). The summed E-state index contributed by atoms with van der Waals surface area (Å²) in [5, 5.41) is 0. The van der Waals surface area contributed by atoms with Gasteiger partial charge in [0, 0.05) is 37.4 Å². The van der Waals surface area contributed by atoms with Gasteiger partial charge in [-0.2, -0.15) is 0 Å². The van der Waals surface area contributed by atoms with Gasteiger partial charge in [0.05, 0.1) is 13.2 Å². The van der Waals surface area contributed by atoms with E-state index in [-0.39, 0.29) is 11.8 Å². The fraction of sp³-hybridized carbons (Fsp3) is 0.438. The van der Waals surface area contributed by atoms with E-state index in [1.165, 1.54) is 12.1 Å². The molecule has 0 saturated carbocycles. The van der Waals surface area contributed by atoms with Crippen LogP contribution in [0.1, 0.15) is 12.0 Å². The molecular formula is C16H20FN3O2. The Bertz CT molecular complexity index is 597. The van der Waals surface area contributed by atoms with Gasteiger partial charge in [-0.3, -0.25) is 0 Å². The maximum absolute atomic E-state index is 13.1. The van der Waals surface area contributed by atoms with Crippen molar-refractivity contribution in [2.45, 2.75) is 6.42 Å². The van der Waals surface area contributed by atoms with Crippen molar-refractivity contribution in [2.75, 3.05) is 45.1 Å². The molecule has 0 aromatic heterocycles. The van der Waals surface area contributed by atoms with Crippen molar-refractivity contribution in [3.63, 3.8) is 0 Å². The van der Waals surface area contributed by atoms with Gasteiger partial charge in [0.1, 0.15) is 5.82 Å². The number of nitrogen functional groups attached to an aromatic ring is 1. The van der Waals surface area contributed by atoms with Gasteiger partial charge in [0.15, 0.2) is 0 Å². The van der Waals surface area contributed by atoms with Crippen LogP contribution in [0.25, 0.3) is 5.57 Å². The van der Waals surface area contributed by atoms with Crippen molar-refractivity contribution < 1.29 is 13.9 Å². The average Bonchev–Trinajstić information content (AvgIpc) is 2.55. The summed E-state index contributed by atoms with van der Waals surface area (Å²) in [4.78, 5) is 16.1. The average molecular weight is 305 g/mol. The lowest BCUT2D eigenvalue weighted by Gasteiger charge is -2.34. The smallest absolute Gasteiger partial charge is 0.320 e. The van der Waals surface area contributed by atoms with E-state index in [4.69, 9.17) is 10.5 Å². The second-order valence-corrected chi connectivity index (χ2v) is 5.54. The van der Waals surface area contributed by atoms with E-state index < -0.39 is 0 Å². The third-order valence-corrected chi connectivity index (χ3v) is 4.12. The summed E-state index contributed by atoms with van der Waals surface area (Å²) >= 11 is 0. The summed E-state index contributed by atoms with van der Waals surface area (Å²) in [5.41, 5.74) is 8.26. The van der Waals surface area contributed by atoms with Gasteiger partial charge in [-0.15, -0.1) is 0 Å². The molecule has 2 heterocycles. The molecule has 2 N–H and O–H groups in total. The number of ether oxygens (including phenoxy) is 1. The Hall–Kier alpha value is -2.08. The Balaban J connectivity index is 1.67. The van der Waals surface area contributed by atoms with Gasteiger partial charge < -0.3 is 20.3 Å². The molecule has 118 valence electrons. The number of benzene rings is 1. The molecule has 1 fully saturated rings. The summed E-state index contributed by atoms with van der Waals surface area (Å²) in [7, 11) is 0. The van der Waals surface area contributed by atoms with E-state index in [2.05, 4.69) is 0 Å². The first-order valence-corrected chi connectivity index (χ1v) is 7.51. The van der Waals surface area contributed by atoms with E-state index in [0.29, 0.717) is 45.1 Å². The maximum atomic E-state index is 13.1. The van der Waals surface area contributed by atoms with E-state index >= 15 is 0 Å².